The van der Waals surface area contributed by atoms with E-state index in [0.29, 0.717) is 0 Å². The maximum Gasteiger partial charge on any atom is 0.0705 e. The van der Waals surface area contributed by atoms with Crippen LogP contribution in [0.3, 0.4) is 0 Å². The lowest BCUT2D eigenvalue weighted by Crippen LogP contribution is -1.89. The molecule has 1 nitrogen and oxygen atoms in total. The number of nitrogens with zero attached hydrogens (tertiary/aromatic N) is 1. The molecule has 0 atom stereocenters. The van der Waals surface area contributed by atoms with Crippen molar-refractivity contribution in [3.8, 4) is 22.4 Å². The molecular formula is C19H17N. The third-order valence-electron chi connectivity index (χ3n) is 3.54. The van der Waals surface area contributed by atoms with Crippen molar-refractivity contribution in [2.24, 2.45) is 0 Å². The zero-order valence-corrected chi connectivity index (χ0v) is 11.8. The Hall–Kier alpha value is -2.41. The second kappa shape index (κ2) is 5.30. The highest BCUT2D eigenvalue weighted by molar-refractivity contribution is 5.70. The maximum atomic E-state index is 4.61. The standard InChI is InChI=1S/C19H17N/c1-14-8-10-16(11-9-14)18-13-20-19(12-15(18)2)17-6-4-3-5-7-17/h3-13H,1-2H3. The van der Waals surface area contributed by atoms with Gasteiger partial charge in [0.25, 0.3) is 0 Å². The van der Waals surface area contributed by atoms with Crippen molar-refractivity contribution in [2.45, 2.75) is 13.8 Å². The topological polar surface area (TPSA) is 12.9 Å². The molecular weight excluding hydrogens is 242 g/mol. The second-order valence-corrected chi connectivity index (χ2v) is 5.12. The minimum Gasteiger partial charge on any atom is -0.256 e. The van der Waals surface area contributed by atoms with Crippen LogP contribution < -0.4 is 0 Å². The molecule has 20 heavy (non-hydrogen) atoms. The first-order valence-corrected chi connectivity index (χ1v) is 6.83. The fraction of sp³-hybridized carbons (Fsp3) is 0.105. The third-order valence-corrected chi connectivity index (χ3v) is 3.54. The van der Waals surface area contributed by atoms with Gasteiger partial charge in [0.2, 0.25) is 0 Å². The summed E-state index contributed by atoms with van der Waals surface area (Å²) in [7, 11) is 0. The van der Waals surface area contributed by atoms with E-state index in [-0.39, 0.29) is 0 Å². The van der Waals surface area contributed by atoms with Gasteiger partial charge in [0.05, 0.1) is 5.69 Å². The molecule has 0 unspecified atom stereocenters. The lowest BCUT2D eigenvalue weighted by molar-refractivity contribution is 1.28. The molecule has 2 aromatic carbocycles. The number of hydrogen-bond acceptors (Lipinski definition) is 1. The van der Waals surface area contributed by atoms with Gasteiger partial charge in [0.15, 0.2) is 0 Å². The van der Waals surface area contributed by atoms with E-state index in [0.717, 1.165) is 11.3 Å². The van der Waals surface area contributed by atoms with Gasteiger partial charge in [-0.15, -0.1) is 0 Å². The minimum atomic E-state index is 1.03. The average molecular weight is 259 g/mol. The van der Waals surface area contributed by atoms with Gasteiger partial charge in [0.1, 0.15) is 0 Å². The Morgan fingerprint density at radius 3 is 2.10 bits per heavy atom. The molecule has 0 amide bonds. The molecule has 0 aliphatic rings. The van der Waals surface area contributed by atoms with Crippen LogP contribution in [0.1, 0.15) is 11.1 Å². The quantitative estimate of drug-likeness (QED) is 0.628. The summed E-state index contributed by atoms with van der Waals surface area (Å²) < 4.78 is 0. The largest absolute Gasteiger partial charge is 0.256 e. The first kappa shape index (κ1) is 12.6. The Morgan fingerprint density at radius 2 is 1.45 bits per heavy atom. The number of pyridine rings is 1. The molecule has 1 heteroatoms. The summed E-state index contributed by atoms with van der Waals surface area (Å²) in [6, 6.07) is 21.0. The van der Waals surface area contributed by atoms with Gasteiger partial charge >= 0.3 is 0 Å². The molecule has 0 radical (unpaired) electrons. The smallest absolute Gasteiger partial charge is 0.0705 e. The summed E-state index contributed by atoms with van der Waals surface area (Å²) in [6.45, 7) is 4.25. The summed E-state index contributed by atoms with van der Waals surface area (Å²) in [5, 5.41) is 0. The van der Waals surface area contributed by atoms with Crippen molar-refractivity contribution in [1.29, 1.82) is 0 Å². The molecule has 0 saturated carbocycles. The summed E-state index contributed by atoms with van der Waals surface area (Å²) in [5.41, 5.74) is 7.14. The van der Waals surface area contributed by atoms with E-state index in [1.54, 1.807) is 0 Å². The van der Waals surface area contributed by atoms with Crippen molar-refractivity contribution in [3.05, 3.63) is 78.0 Å². The Bertz CT molecular complexity index is 713. The van der Waals surface area contributed by atoms with E-state index in [2.05, 4.69) is 61.3 Å². The lowest BCUT2D eigenvalue weighted by atomic mass is 10.00. The molecule has 1 heterocycles. The number of hydrogen-bond donors (Lipinski definition) is 0. The molecule has 1 aromatic heterocycles. The van der Waals surface area contributed by atoms with Gasteiger partial charge in [-0.05, 0) is 31.0 Å². The molecule has 0 spiro atoms. The van der Waals surface area contributed by atoms with Gasteiger partial charge in [0, 0.05) is 17.3 Å². The van der Waals surface area contributed by atoms with Crippen LogP contribution in [-0.2, 0) is 0 Å². The first-order chi connectivity index (χ1) is 9.74. The third kappa shape index (κ3) is 2.48. The van der Waals surface area contributed by atoms with Crippen molar-refractivity contribution in [2.75, 3.05) is 0 Å². The minimum absolute atomic E-state index is 1.03. The molecule has 0 N–H and O–H groups in total. The Kier molecular flexibility index (Phi) is 3.34. The summed E-state index contributed by atoms with van der Waals surface area (Å²) in [5.74, 6) is 0. The Labute approximate surface area is 119 Å². The van der Waals surface area contributed by atoms with E-state index >= 15 is 0 Å². The molecule has 0 saturated heterocycles. The van der Waals surface area contributed by atoms with Gasteiger partial charge in [-0.2, -0.15) is 0 Å². The summed E-state index contributed by atoms with van der Waals surface area (Å²) in [4.78, 5) is 4.61. The highest BCUT2D eigenvalue weighted by Crippen LogP contribution is 2.26. The maximum absolute atomic E-state index is 4.61. The number of benzene rings is 2. The monoisotopic (exact) mass is 259 g/mol. The second-order valence-electron chi connectivity index (χ2n) is 5.12. The van der Waals surface area contributed by atoms with Crippen molar-refractivity contribution >= 4 is 0 Å². The van der Waals surface area contributed by atoms with Gasteiger partial charge in [-0.1, -0.05) is 60.2 Å². The average Bonchev–Trinajstić information content (AvgIpc) is 2.49. The van der Waals surface area contributed by atoms with Crippen LogP contribution in [0, 0.1) is 13.8 Å². The molecule has 3 aromatic rings. The van der Waals surface area contributed by atoms with Crippen LogP contribution in [0.15, 0.2) is 66.9 Å². The van der Waals surface area contributed by atoms with E-state index in [9.17, 15) is 0 Å². The van der Waals surface area contributed by atoms with E-state index in [1.807, 2.05) is 24.4 Å². The van der Waals surface area contributed by atoms with Gasteiger partial charge in [-0.3, -0.25) is 4.98 Å². The zero-order chi connectivity index (χ0) is 13.9. The van der Waals surface area contributed by atoms with Crippen LogP contribution >= 0.6 is 0 Å². The SMILES string of the molecule is Cc1ccc(-c2cnc(-c3ccccc3)cc2C)cc1. The summed E-state index contributed by atoms with van der Waals surface area (Å²) >= 11 is 0. The highest BCUT2D eigenvalue weighted by Gasteiger charge is 2.05. The first-order valence-electron chi connectivity index (χ1n) is 6.83. The van der Waals surface area contributed by atoms with Gasteiger partial charge in [-0.25, -0.2) is 0 Å². The summed E-state index contributed by atoms with van der Waals surface area (Å²) in [6.07, 6.45) is 1.97. The van der Waals surface area contributed by atoms with E-state index in [1.165, 1.54) is 22.3 Å². The van der Waals surface area contributed by atoms with Crippen molar-refractivity contribution in [1.82, 2.24) is 4.98 Å². The van der Waals surface area contributed by atoms with Crippen molar-refractivity contribution < 1.29 is 0 Å². The fourth-order valence-corrected chi connectivity index (χ4v) is 2.36. The van der Waals surface area contributed by atoms with Crippen LogP contribution in [-0.4, -0.2) is 4.98 Å². The van der Waals surface area contributed by atoms with E-state index in [4.69, 9.17) is 0 Å². The normalized spacial score (nSPS) is 10.5. The molecule has 98 valence electrons. The van der Waals surface area contributed by atoms with Crippen LogP contribution in [0.2, 0.25) is 0 Å². The van der Waals surface area contributed by atoms with Crippen LogP contribution in [0.4, 0.5) is 0 Å². The van der Waals surface area contributed by atoms with Crippen molar-refractivity contribution in [3.63, 3.8) is 0 Å². The predicted molar refractivity (Wildman–Crippen MR) is 84.6 cm³/mol. The number of rotatable bonds is 2. The molecule has 0 fully saturated rings. The number of aromatic nitrogens is 1. The highest BCUT2D eigenvalue weighted by atomic mass is 14.7. The zero-order valence-electron chi connectivity index (χ0n) is 11.8. The Balaban J connectivity index is 2.02. The van der Waals surface area contributed by atoms with Crippen LogP contribution in [0.25, 0.3) is 22.4 Å². The predicted octanol–water partition coefficient (Wildman–Crippen LogP) is 5.03. The molecule has 0 aliphatic heterocycles. The molecule has 3 rings (SSSR count). The Morgan fingerprint density at radius 1 is 0.750 bits per heavy atom. The van der Waals surface area contributed by atoms with Gasteiger partial charge < -0.3 is 0 Å². The molecule has 0 bridgehead atoms. The lowest BCUT2D eigenvalue weighted by Gasteiger charge is -2.08. The number of aryl methyl sites for hydroxylation is 2. The molecule has 0 aliphatic carbocycles. The fourth-order valence-electron chi connectivity index (χ4n) is 2.36. The van der Waals surface area contributed by atoms with Crippen LogP contribution in [0.5, 0.6) is 0 Å². The van der Waals surface area contributed by atoms with E-state index < -0.39 is 0 Å².